The quantitative estimate of drug-likeness (QED) is 0.653. The highest BCUT2D eigenvalue weighted by molar-refractivity contribution is 5.37. The highest BCUT2D eigenvalue weighted by Gasteiger charge is 2.21. The molecule has 0 radical (unpaired) electrons. The van der Waals surface area contributed by atoms with Crippen LogP contribution in [0.1, 0.15) is 34.6 Å². The molecule has 4 heteroatoms. The Labute approximate surface area is 86.0 Å². The number of hydrogen-bond acceptors (Lipinski definition) is 4. The van der Waals surface area contributed by atoms with Crippen molar-refractivity contribution in [1.82, 2.24) is 5.32 Å². The van der Waals surface area contributed by atoms with E-state index in [9.17, 15) is 4.79 Å². The molecule has 0 aliphatic carbocycles. The second kappa shape index (κ2) is 5.32. The zero-order chi connectivity index (χ0) is 11.2. The lowest BCUT2D eigenvalue weighted by molar-refractivity contribution is -0.138. The Morgan fingerprint density at radius 2 is 2.00 bits per heavy atom. The molecule has 1 fully saturated rings. The van der Waals surface area contributed by atoms with E-state index in [1.807, 2.05) is 34.6 Å². The Balaban J connectivity index is 0.000000241. The standard InChI is InChI=1S/C5H11NO.C5H10O2/c1-5(2)6-3-4-7-5;1-5(2,3)7-4-6/h6H,3-4H2,1-2H3;4H,1-3H3. The van der Waals surface area contributed by atoms with E-state index in [4.69, 9.17) is 4.74 Å². The molecule has 1 heterocycles. The Kier molecular flexibility index (Phi) is 5.08. The van der Waals surface area contributed by atoms with Gasteiger partial charge in [0.25, 0.3) is 6.47 Å². The van der Waals surface area contributed by atoms with Crippen LogP contribution in [0.25, 0.3) is 0 Å². The minimum absolute atomic E-state index is 0.0556. The van der Waals surface area contributed by atoms with Crippen molar-refractivity contribution in [3.05, 3.63) is 0 Å². The summed E-state index contributed by atoms with van der Waals surface area (Å²) in [4.78, 5) is 9.60. The molecule has 84 valence electrons. The van der Waals surface area contributed by atoms with Crippen LogP contribution in [0.3, 0.4) is 0 Å². The predicted octanol–water partition coefficient (Wildman–Crippen LogP) is 1.30. The molecule has 1 rings (SSSR count). The molecule has 0 atom stereocenters. The van der Waals surface area contributed by atoms with Crippen molar-refractivity contribution in [3.63, 3.8) is 0 Å². The van der Waals surface area contributed by atoms with Crippen LogP contribution in [-0.2, 0) is 14.3 Å². The van der Waals surface area contributed by atoms with Crippen molar-refractivity contribution in [2.45, 2.75) is 45.9 Å². The maximum absolute atomic E-state index is 9.60. The van der Waals surface area contributed by atoms with Gasteiger partial charge in [-0.3, -0.25) is 10.1 Å². The lowest BCUT2D eigenvalue weighted by atomic mass is 10.2. The molecule has 1 saturated heterocycles. The number of rotatable bonds is 1. The molecule has 0 aromatic rings. The summed E-state index contributed by atoms with van der Waals surface area (Å²) < 4.78 is 9.78. The first-order chi connectivity index (χ1) is 6.27. The highest BCUT2D eigenvalue weighted by atomic mass is 16.5. The topological polar surface area (TPSA) is 47.6 Å². The van der Waals surface area contributed by atoms with Crippen LogP contribution in [-0.4, -0.2) is 30.9 Å². The third kappa shape index (κ3) is 8.01. The van der Waals surface area contributed by atoms with Gasteiger partial charge in [-0.2, -0.15) is 0 Å². The molecule has 0 bridgehead atoms. The van der Waals surface area contributed by atoms with Crippen LogP contribution in [0.5, 0.6) is 0 Å². The Hall–Kier alpha value is -0.610. The molecule has 14 heavy (non-hydrogen) atoms. The zero-order valence-electron chi connectivity index (χ0n) is 9.72. The van der Waals surface area contributed by atoms with Crippen LogP contribution >= 0.6 is 0 Å². The number of ether oxygens (including phenoxy) is 2. The molecule has 1 aliphatic rings. The fourth-order valence-corrected chi connectivity index (χ4v) is 0.854. The predicted molar refractivity (Wildman–Crippen MR) is 54.9 cm³/mol. The molecule has 0 saturated carbocycles. The minimum Gasteiger partial charge on any atom is -0.462 e. The summed E-state index contributed by atoms with van der Waals surface area (Å²) in [7, 11) is 0. The molecule has 0 spiro atoms. The van der Waals surface area contributed by atoms with E-state index in [2.05, 4.69) is 10.1 Å². The van der Waals surface area contributed by atoms with Crippen molar-refractivity contribution < 1.29 is 14.3 Å². The number of carbonyl (C=O) groups is 1. The van der Waals surface area contributed by atoms with Crippen molar-refractivity contribution in [2.24, 2.45) is 0 Å². The SMILES string of the molecule is CC(C)(C)OC=O.CC1(C)NCCO1. The maximum atomic E-state index is 9.60. The Morgan fingerprint density at radius 3 is 2.07 bits per heavy atom. The summed E-state index contributed by atoms with van der Waals surface area (Å²) in [6.07, 6.45) is 0. The summed E-state index contributed by atoms with van der Waals surface area (Å²) in [5, 5.41) is 3.17. The van der Waals surface area contributed by atoms with E-state index >= 15 is 0 Å². The molecule has 4 nitrogen and oxygen atoms in total. The first kappa shape index (κ1) is 13.4. The second-order valence-electron chi connectivity index (χ2n) is 4.61. The van der Waals surface area contributed by atoms with Crippen LogP contribution < -0.4 is 5.32 Å². The van der Waals surface area contributed by atoms with Crippen molar-refractivity contribution in [1.29, 1.82) is 0 Å². The summed E-state index contributed by atoms with van der Waals surface area (Å²) in [5.41, 5.74) is -0.373. The first-order valence-electron chi connectivity index (χ1n) is 4.77. The van der Waals surface area contributed by atoms with Crippen molar-refractivity contribution in [3.8, 4) is 0 Å². The smallest absolute Gasteiger partial charge is 0.293 e. The third-order valence-corrected chi connectivity index (χ3v) is 1.52. The summed E-state index contributed by atoms with van der Waals surface area (Å²) in [6.45, 7) is 11.8. The second-order valence-corrected chi connectivity index (χ2v) is 4.61. The number of hydrogen-bond donors (Lipinski definition) is 1. The summed E-state index contributed by atoms with van der Waals surface area (Å²) >= 11 is 0. The van der Waals surface area contributed by atoms with Gasteiger partial charge in [0.05, 0.1) is 6.61 Å². The fraction of sp³-hybridized carbons (Fsp3) is 0.900. The van der Waals surface area contributed by atoms with Gasteiger partial charge in [0.15, 0.2) is 0 Å². The Morgan fingerprint density at radius 1 is 1.43 bits per heavy atom. The van der Waals surface area contributed by atoms with Gasteiger partial charge in [0.1, 0.15) is 11.3 Å². The van der Waals surface area contributed by atoms with Gasteiger partial charge in [0.2, 0.25) is 0 Å². The number of carbonyl (C=O) groups excluding carboxylic acids is 1. The van der Waals surface area contributed by atoms with Crippen LogP contribution in [0.15, 0.2) is 0 Å². The van der Waals surface area contributed by atoms with E-state index in [0.717, 1.165) is 13.2 Å². The van der Waals surface area contributed by atoms with Gasteiger partial charge in [-0.25, -0.2) is 0 Å². The third-order valence-electron chi connectivity index (χ3n) is 1.52. The van der Waals surface area contributed by atoms with Gasteiger partial charge in [-0.05, 0) is 34.6 Å². The van der Waals surface area contributed by atoms with Gasteiger partial charge in [-0.1, -0.05) is 0 Å². The zero-order valence-corrected chi connectivity index (χ0v) is 9.72. The highest BCUT2D eigenvalue weighted by Crippen LogP contribution is 2.07. The first-order valence-corrected chi connectivity index (χ1v) is 4.77. The molecular formula is C10H21NO3. The minimum atomic E-state index is -0.318. The largest absolute Gasteiger partial charge is 0.462 e. The summed E-state index contributed by atoms with van der Waals surface area (Å²) in [6, 6.07) is 0. The molecule has 0 unspecified atom stereocenters. The van der Waals surface area contributed by atoms with Gasteiger partial charge in [0, 0.05) is 6.54 Å². The molecule has 1 aliphatic heterocycles. The van der Waals surface area contributed by atoms with Gasteiger partial charge < -0.3 is 9.47 Å². The van der Waals surface area contributed by atoms with E-state index in [1.165, 1.54) is 0 Å². The molecule has 0 aromatic carbocycles. The van der Waals surface area contributed by atoms with E-state index in [-0.39, 0.29) is 11.3 Å². The fourth-order valence-electron chi connectivity index (χ4n) is 0.854. The van der Waals surface area contributed by atoms with Gasteiger partial charge in [-0.15, -0.1) is 0 Å². The lowest BCUT2D eigenvalue weighted by Gasteiger charge is -2.15. The van der Waals surface area contributed by atoms with E-state index < -0.39 is 0 Å². The van der Waals surface area contributed by atoms with Crippen molar-refractivity contribution >= 4 is 6.47 Å². The Bertz CT molecular complexity index is 165. The van der Waals surface area contributed by atoms with Gasteiger partial charge >= 0.3 is 0 Å². The monoisotopic (exact) mass is 203 g/mol. The molecule has 0 amide bonds. The lowest BCUT2D eigenvalue weighted by Crippen LogP contribution is -2.33. The average molecular weight is 203 g/mol. The summed E-state index contributed by atoms with van der Waals surface area (Å²) in [5.74, 6) is 0. The normalized spacial score (nSPS) is 19.5. The maximum Gasteiger partial charge on any atom is 0.293 e. The number of nitrogens with one attached hydrogen (secondary N) is 1. The average Bonchev–Trinajstić information content (AvgIpc) is 2.32. The van der Waals surface area contributed by atoms with Crippen molar-refractivity contribution in [2.75, 3.05) is 13.2 Å². The van der Waals surface area contributed by atoms with E-state index in [1.54, 1.807) is 0 Å². The molecule has 1 N–H and O–H groups in total. The van der Waals surface area contributed by atoms with E-state index in [0.29, 0.717) is 6.47 Å². The molecular weight excluding hydrogens is 182 g/mol. The van der Waals surface area contributed by atoms with Crippen LogP contribution in [0.2, 0.25) is 0 Å². The van der Waals surface area contributed by atoms with Crippen LogP contribution in [0.4, 0.5) is 0 Å². The van der Waals surface area contributed by atoms with Crippen LogP contribution in [0, 0.1) is 0 Å². The molecule has 0 aromatic heterocycles.